The molecule has 0 unspecified atom stereocenters. The van der Waals surface area contributed by atoms with Crippen LogP contribution in [0.2, 0.25) is 0 Å². The molecule has 0 bridgehead atoms. The van der Waals surface area contributed by atoms with Gasteiger partial charge in [-0.05, 0) is 56.4 Å². The maximum atomic E-state index is 14.7. The van der Waals surface area contributed by atoms with Crippen molar-refractivity contribution in [2.45, 2.75) is 20.0 Å². The van der Waals surface area contributed by atoms with Gasteiger partial charge in [-0.1, -0.05) is 6.07 Å². The van der Waals surface area contributed by atoms with Crippen molar-refractivity contribution < 1.29 is 13.7 Å². The zero-order chi connectivity index (χ0) is 28.0. The molecule has 0 fully saturated rings. The van der Waals surface area contributed by atoms with Crippen molar-refractivity contribution in [1.29, 1.82) is 0 Å². The largest absolute Gasteiger partial charge is 0.338 e. The van der Waals surface area contributed by atoms with E-state index >= 15 is 0 Å². The van der Waals surface area contributed by atoms with Crippen molar-refractivity contribution in [1.82, 2.24) is 19.0 Å². The minimum absolute atomic E-state index is 0.0950. The highest BCUT2D eigenvalue weighted by atomic mass is 32.1. The Labute approximate surface area is 228 Å². The molecule has 0 spiro atoms. The van der Waals surface area contributed by atoms with Crippen LogP contribution in [-0.4, -0.2) is 38.0 Å². The van der Waals surface area contributed by atoms with Crippen molar-refractivity contribution >= 4 is 38.6 Å². The fraction of sp³-hybridized carbons (Fsp3) is 0.192. The van der Waals surface area contributed by atoms with Gasteiger partial charge < -0.3 is 4.90 Å². The summed E-state index contributed by atoms with van der Waals surface area (Å²) in [5, 5.41) is 11.5. The number of fused-ring (bicyclic) bond motifs is 1. The van der Waals surface area contributed by atoms with Gasteiger partial charge in [-0.2, -0.15) is 0 Å². The van der Waals surface area contributed by atoms with Crippen molar-refractivity contribution in [2.75, 3.05) is 14.1 Å². The summed E-state index contributed by atoms with van der Waals surface area (Å²) in [6, 6.07) is 9.31. The van der Waals surface area contributed by atoms with E-state index in [9.17, 15) is 28.5 Å². The van der Waals surface area contributed by atoms with Gasteiger partial charge in [-0.15, -0.1) is 22.7 Å². The van der Waals surface area contributed by atoms with Gasteiger partial charge in [0, 0.05) is 40.2 Å². The molecule has 3 aromatic heterocycles. The molecule has 5 aromatic rings. The molecule has 0 saturated heterocycles. The van der Waals surface area contributed by atoms with Crippen LogP contribution in [0.15, 0.2) is 58.3 Å². The molecule has 2 aromatic carbocycles. The molecule has 0 aliphatic carbocycles. The summed E-state index contributed by atoms with van der Waals surface area (Å²) >= 11 is 2.27. The number of nitro benzene ring substituents is 1. The molecule has 0 N–H and O–H groups in total. The number of halogens is 2. The highest BCUT2D eigenvalue weighted by Crippen LogP contribution is 2.38. The lowest BCUT2D eigenvalue weighted by Gasteiger charge is -2.14. The molecule has 0 radical (unpaired) electrons. The molecule has 13 heteroatoms. The fourth-order valence-electron chi connectivity index (χ4n) is 4.30. The number of hydrogen-bond donors (Lipinski definition) is 0. The van der Waals surface area contributed by atoms with E-state index in [-0.39, 0.29) is 26.6 Å². The average molecular weight is 570 g/mol. The maximum Gasteiger partial charge on any atom is 0.338 e. The molecule has 0 saturated carbocycles. The highest BCUT2D eigenvalue weighted by Gasteiger charge is 2.26. The lowest BCUT2D eigenvalue weighted by atomic mass is 10.1. The summed E-state index contributed by atoms with van der Waals surface area (Å²) in [5.74, 6) is -1.64. The summed E-state index contributed by atoms with van der Waals surface area (Å²) in [5.41, 5.74) is -0.606. The zero-order valence-corrected chi connectivity index (χ0v) is 22.6. The summed E-state index contributed by atoms with van der Waals surface area (Å²) in [4.78, 5) is 46.1. The second-order valence-corrected chi connectivity index (χ2v) is 11.3. The van der Waals surface area contributed by atoms with Gasteiger partial charge in [0.2, 0.25) is 5.13 Å². The quantitative estimate of drug-likeness (QED) is 0.203. The zero-order valence-electron chi connectivity index (χ0n) is 21.0. The van der Waals surface area contributed by atoms with Gasteiger partial charge in [-0.3, -0.25) is 19.5 Å². The number of nitrogens with zero attached hydrogens (tertiary/aromatic N) is 5. The number of aromatic nitrogens is 3. The Morgan fingerprint density at radius 1 is 1.03 bits per heavy atom. The van der Waals surface area contributed by atoms with E-state index in [1.54, 1.807) is 19.1 Å². The van der Waals surface area contributed by atoms with Crippen LogP contribution in [0, 0.1) is 28.7 Å². The number of non-ortho nitro benzene ring substituents is 1. The summed E-state index contributed by atoms with van der Waals surface area (Å²) < 4.78 is 31.5. The van der Waals surface area contributed by atoms with Gasteiger partial charge in [0.1, 0.15) is 16.5 Å². The SMILES string of the molecule is Cc1cnc(-n2c(=O)c3c(CN(C)C)c(-c4ccc([N+](=O)[O-])cc4)sc3n(Cc3c(F)cccc3F)c2=O)s1. The van der Waals surface area contributed by atoms with Crippen molar-refractivity contribution in [2.24, 2.45) is 0 Å². The predicted octanol–water partition coefficient (Wildman–Crippen LogP) is 4.94. The smallest absolute Gasteiger partial charge is 0.305 e. The van der Waals surface area contributed by atoms with E-state index in [1.807, 2.05) is 19.0 Å². The molecular formula is C26H21F2N5O4S2. The first kappa shape index (κ1) is 26.5. The van der Waals surface area contributed by atoms with Crippen LogP contribution in [0.3, 0.4) is 0 Å². The van der Waals surface area contributed by atoms with E-state index in [2.05, 4.69) is 4.98 Å². The van der Waals surface area contributed by atoms with Crippen LogP contribution >= 0.6 is 22.7 Å². The Morgan fingerprint density at radius 3 is 2.26 bits per heavy atom. The third kappa shape index (κ3) is 4.80. The molecule has 3 heterocycles. The van der Waals surface area contributed by atoms with E-state index in [1.165, 1.54) is 29.0 Å². The molecular weight excluding hydrogens is 548 g/mol. The first-order chi connectivity index (χ1) is 18.6. The number of hydrogen-bond acceptors (Lipinski definition) is 8. The lowest BCUT2D eigenvalue weighted by molar-refractivity contribution is -0.384. The Morgan fingerprint density at radius 2 is 1.69 bits per heavy atom. The van der Waals surface area contributed by atoms with Crippen LogP contribution < -0.4 is 11.2 Å². The van der Waals surface area contributed by atoms with Gasteiger partial charge in [-0.25, -0.2) is 23.1 Å². The molecule has 0 amide bonds. The second kappa shape index (κ2) is 10.2. The fourth-order valence-corrected chi connectivity index (χ4v) is 6.35. The second-order valence-electron chi connectivity index (χ2n) is 9.09. The standard InChI is InChI=1S/C26H21F2N5O4S2/c1-14-11-29-25(38-14)32-23(34)21-18(12-30(2)3)22(15-7-9-16(10-8-15)33(36)37)39-24(21)31(26(32)35)13-17-19(27)5-4-6-20(17)28/h4-11H,12-13H2,1-3H3. The summed E-state index contributed by atoms with van der Waals surface area (Å²) in [7, 11) is 3.63. The average Bonchev–Trinajstić information content (AvgIpc) is 3.47. The summed E-state index contributed by atoms with van der Waals surface area (Å²) in [6.45, 7) is 1.62. The number of nitro groups is 1. The molecule has 0 aliphatic heterocycles. The molecule has 0 atom stereocenters. The number of thiophene rings is 1. The number of benzene rings is 2. The number of thiazole rings is 1. The third-order valence-corrected chi connectivity index (χ3v) is 8.27. The Balaban J connectivity index is 1.88. The molecule has 39 heavy (non-hydrogen) atoms. The maximum absolute atomic E-state index is 14.7. The van der Waals surface area contributed by atoms with Crippen LogP contribution in [0.1, 0.15) is 16.0 Å². The van der Waals surface area contributed by atoms with Crippen LogP contribution in [0.25, 0.3) is 25.8 Å². The van der Waals surface area contributed by atoms with Crippen molar-refractivity contribution in [3.05, 3.63) is 107 Å². The molecule has 9 nitrogen and oxygen atoms in total. The normalized spacial score (nSPS) is 11.5. The third-order valence-electron chi connectivity index (χ3n) is 6.07. The van der Waals surface area contributed by atoms with E-state index < -0.39 is 34.4 Å². The number of rotatable bonds is 7. The predicted molar refractivity (Wildman–Crippen MR) is 147 cm³/mol. The van der Waals surface area contributed by atoms with Crippen molar-refractivity contribution in [3.8, 4) is 15.6 Å². The monoisotopic (exact) mass is 569 g/mol. The molecule has 5 rings (SSSR count). The molecule has 0 aliphatic rings. The van der Waals surface area contributed by atoms with Crippen LogP contribution in [0.5, 0.6) is 0 Å². The van der Waals surface area contributed by atoms with Gasteiger partial charge in [0.25, 0.3) is 11.2 Å². The highest BCUT2D eigenvalue weighted by molar-refractivity contribution is 7.22. The van der Waals surface area contributed by atoms with E-state index in [0.29, 0.717) is 22.5 Å². The Hall–Kier alpha value is -4.07. The van der Waals surface area contributed by atoms with Gasteiger partial charge in [0.05, 0.1) is 16.9 Å². The van der Waals surface area contributed by atoms with Crippen molar-refractivity contribution in [3.63, 3.8) is 0 Å². The first-order valence-corrected chi connectivity index (χ1v) is 13.3. The minimum Gasteiger partial charge on any atom is -0.305 e. The summed E-state index contributed by atoms with van der Waals surface area (Å²) in [6.07, 6.45) is 1.54. The Bertz CT molecular complexity index is 1840. The lowest BCUT2D eigenvalue weighted by Crippen LogP contribution is -2.39. The van der Waals surface area contributed by atoms with Crippen LogP contribution in [-0.2, 0) is 13.1 Å². The van der Waals surface area contributed by atoms with Gasteiger partial charge >= 0.3 is 5.69 Å². The molecule has 200 valence electrons. The van der Waals surface area contributed by atoms with Gasteiger partial charge in [0.15, 0.2) is 0 Å². The van der Waals surface area contributed by atoms with E-state index in [0.717, 1.165) is 44.3 Å². The Kier molecular flexibility index (Phi) is 6.97. The topological polar surface area (TPSA) is 103 Å². The van der Waals surface area contributed by atoms with Crippen LogP contribution in [0.4, 0.5) is 14.5 Å². The number of aryl methyl sites for hydroxylation is 1. The first-order valence-electron chi connectivity index (χ1n) is 11.6. The van der Waals surface area contributed by atoms with E-state index in [4.69, 9.17) is 0 Å². The minimum atomic E-state index is -0.821.